The molecule has 4 heteroatoms. The lowest BCUT2D eigenvalue weighted by atomic mass is 9.85. The molecule has 2 atom stereocenters. The van der Waals surface area contributed by atoms with Gasteiger partial charge in [0.05, 0.1) is 6.10 Å². The van der Waals surface area contributed by atoms with E-state index in [1.807, 2.05) is 27.7 Å². The van der Waals surface area contributed by atoms with E-state index in [9.17, 15) is 13.9 Å². The van der Waals surface area contributed by atoms with Crippen molar-refractivity contribution in [3.05, 3.63) is 35.4 Å². The highest BCUT2D eigenvalue weighted by atomic mass is 19.2. The molecule has 0 amide bonds. The van der Waals surface area contributed by atoms with Crippen molar-refractivity contribution in [2.75, 3.05) is 13.1 Å². The van der Waals surface area contributed by atoms with Gasteiger partial charge in [-0.05, 0) is 44.1 Å². The molecule has 0 heterocycles. The zero-order chi connectivity index (χ0) is 14.6. The molecule has 0 radical (unpaired) electrons. The van der Waals surface area contributed by atoms with Crippen LogP contribution in [0.25, 0.3) is 0 Å². The molecule has 1 aromatic rings. The van der Waals surface area contributed by atoms with Crippen molar-refractivity contribution in [3.63, 3.8) is 0 Å². The summed E-state index contributed by atoms with van der Waals surface area (Å²) >= 11 is 0. The topological polar surface area (TPSA) is 23.5 Å². The number of hydrogen-bond donors (Lipinski definition) is 1. The summed E-state index contributed by atoms with van der Waals surface area (Å²) in [7, 11) is 0. The molecule has 2 nitrogen and oxygen atoms in total. The second-order valence-corrected chi connectivity index (χ2v) is 4.96. The van der Waals surface area contributed by atoms with Gasteiger partial charge >= 0.3 is 0 Å². The molecule has 0 saturated heterocycles. The van der Waals surface area contributed by atoms with Crippen LogP contribution < -0.4 is 0 Å². The fourth-order valence-corrected chi connectivity index (χ4v) is 2.58. The van der Waals surface area contributed by atoms with Gasteiger partial charge in [0, 0.05) is 5.54 Å². The van der Waals surface area contributed by atoms with Gasteiger partial charge in [0.25, 0.3) is 0 Å². The maximum atomic E-state index is 13.3. The summed E-state index contributed by atoms with van der Waals surface area (Å²) in [6.45, 7) is 9.57. The second kappa shape index (κ2) is 6.44. The van der Waals surface area contributed by atoms with Crippen molar-refractivity contribution in [2.45, 2.75) is 45.8 Å². The lowest BCUT2D eigenvalue weighted by molar-refractivity contribution is -0.0215. The predicted molar refractivity (Wildman–Crippen MR) is 72.9 cm³/mol. The lowest BCUT2D eigenvalue weighted by Crippen LogP contribution is -2.50. The Balaban J connectivity index is 3.13. The van der Waals surface area contributed by atoms with Crippen LogP contribution in [0.2, 0.25) is 0 Å². The number of aliphatic hydroxyl groups is 1. The molecule has 0 aliphatic carbocycles. The molecule has 0 fully saturated rings. The van der Waals surface area contributed by atoms with Crippen molar-refractivity contribution in [2.24, 2.45) is 0 Å². The van der Waals surface area contributed by atoms with E-state index >= 15 is 0 Å². The summed E-state index contributed by atoms with van der Waals surface area (Å²) in [6.07, 6.45) is -0.137. The molecule has 0 aromatic heterocycles. The van der Waals surface area contributed by atoms with Crippen molar-refractivity contribution >= 4 is 0 Å². The van der Waals surface area contributed by atoms with E-state index in [1.54, 1.807) is 0 Å². The summed E-state index contributed by atoms with van der Waals surface area (Å²) < 4.78 is 26.3. The smallest absolute Gasteiger partial charge is 0.159 e. The first kappa shape index (κ1) is 16.1. The normalized spacial score (nSPS) is 16.4. The van der Waals surface area contributed by atoms with E-state index in [2.05, 4.69) is 4.90 Å². The Morgan fingerprint density at radius 1 is 1.16 bits per heavy atom. The molecular weight excluding hydrogens is 248 g/mol. The molecule has 0 spiro atoms. The van der Waals surface area contributed by atoms with Gasteiger partial charge in [-0.15, -0.1) is 0 Å². The third-order valence-corrected chi connectivity index (χ3v) is 4.05. The van der Waals surface area contributed by atoms with Crippen LogP contribution in [0.5, 0.6) is 0 Å². The van der Waals surface area contributed by atoms with Crippen LogP contribution in [-0.2, 0) is 0 Å². The van der Waals surface area contributed by atoms with Crippen LogP contribution in [-0.4, -0.2) is 28.6 Å². The van der Waals surface area contributed by atoms with Crippen molar-refractivity contribution in [1.29, 1.82) is 0 Å². The largest absolute Gasteiger partial charge is 0.386 e. The number of hydrogen-bond acceptors (Lipinski definition) is 2. The Morgan fingerprint density at radius 2 is 1.74 bits per heavy atom. The van der Waals surface area contributed by atoms with Gasteiger partial charge in [-0.3, -0.25) is 4.90 Å². The van der Waals surface area contributed by atoms with E-state index in [4.69, 9.17) is 0 Å². The van der Waals surface area contributed by atoms with Gasteiger partial charge in [-0.25, -0.2) is 8.78 Å². The Kier molecular flexibility index (Phi) is 5.44. The SMILES string of the molecule is CCN(CC)C(C)(CC)C(O)c1ccc(F)c(F)c1. The maximum absolute atomic E-state index is 13.3. The maximum Gasteiger partial charge on any atom is 0.159 e. The Morgan fingerprint density at radius 3 is 2.16 bits per heavy atom. The van der Waals surface area contributed by atoms with E-state index in [1.165, 1.54) is 6.07 Å². The minimum atomic E-state index is -0.922. The Hall–Kier alpha value is -1.00. The van der Waals surface area contributed by atoms with Crippen molar-refractivity contribution in [3.8, 4) is 0 Å². The molecule has 0 aliphatic heterocycles. The fourth-order valence-electron chi connectivity index (χ4n) is 2.58. The fraction of sp³-hybridized carbons (Fsp3) is 0.600. The van der Waals surface area contributed by atoms with Gasteiger partial charge in [0.2, 0.25) is 0 Å². The number of benzene rings is 1. The molecule has 1 rings (SSSR count). The van der Waals surface area contributed by atoms with Crippen LogP contribution in [0.4, 0.5) is 8.78 Å². The standard InChI is InChI=1S/C15H23F2NO/c1-5-15(4,18(6-2)7-3)14(19)11-8-9-12(16)13(17)10-11/h8-10,14,19H,5-7H2,1-4H3. The molecule has 0 aliphatic rings. The molecule has 1 aromatic carbocycles. The summed E-state index contributed by atoms with van der Waals surface area (Å²) in [6, 6.07) is 3.59. The number of nitrogens with zero attached hydrogens (tertiary/aromatic N) is 1. The monoisotopic (exact) mass is 271 g/mol. The van der Waals surface area contributed by atoms with Crippen LogP contribution >= 0.6 is 0 Å². The van der Waals surface area contributed by atoms with Crippen LogP contribution in [0, 0.1) is 11.6 Å². The summed E-state index contributed by atoms with van der Waals surface area (Å²) in [5.41, 5.74) is -0.0801. The third-order valence-electron chi connectivity index (χ3n) is 4.05. The number of rotatable bonds is 6. The van der Waals surface area contributed by atoms with E-state index in [-0.39, 0.29) is 0 Å². The number of likely N-dealkylation sites (N-methyl/N-ethyl adjacent to an activating group) is 1. The highest BCUT2D eigenvalue weighted by molar-refractivity contribution is 5.23. The second-order valence-electron chi connectivity index (χ2n) is 4.96. The van der Waals surface area contributed by atoms with Gasteiger partial charge in [0.15, 0.2) is 11.6 Å². The zero-order valence-corrected chi connectivity index (χ0v) is 12.1. The average Bonchev–Trinajstić information content (AvgIpc) is 2.42. The summed E-state index contributed by atoms with van der Waals surface area (Å²) in [4.78, 5) is 2.14. The molecule has 2 unspecified atom stereocenters. The molecule has 108 valence electrons. The minimum Gasteiger partial charge on any atom is -0.386 e. The van der Waals surface area contributed by atoms with Crippen molar-refractivity contribution in [1.82, 2.24) is 4.90 Å². The van der Waals surface area contributed by atoms with Gasteiger partial charge in [0.1, 0.15) is 0 Å². The van der Waals surface area contributed by atoms with Crippen molar-refractivity contribution < 1.29 is 13.9 Å². The van der Waals surface area contributed by atoms with Gasteiger partial charge < -0.3 is 5.11 Å². The number of aliphatic hydroxyl groups excluding tert-OH is 1. The molecule has 0 bridgehead atoms. The number of halogens is 2. The Bertz CT molecular complexity index is 421. The van der Waals surface area contributed by atoms with Crippen LogP contribution in [0.3, 0.4) is 0 Å². The first-order valence-corrected chi connectivity index (χ1v) is 6.78. The average molecular weight is 271 g/mol. The molecular formula is C15H23F2NO. The molecule has 1 N–H and O–H groups in total. The molecule has 0 saturated carbocycles. The first-order chi connectivity index (χ1) is 8.90. The zero-order valence-electron chi connectivity index (χ0n) is 12.1. The van der Waals surface area contributed by atoms with Gasteiger partial charge in [-0.1, -0.05) is 26.8 Å². The molecule has 19 heavy (non-hydrogen) atoms. The summed E-state index contributed by atoms with van der Waals surface area (Å²) in [5.74, 6) is -1.81. The lowest BCUT2D eigenvalue weighted by Gasteiger charge is -2.43. The van der Waals surface area contributed by atoms with E-state index in [0.29, 0.717) is 5.56 Å². The highest BCUT2D eigenvalue weighted by Gasteiger charge is 2.37. The quantitative estimate of drug-likeness (QED) is 0.856. The summed E-state index contributed by atoms with van der Waals surface area (Å²) in [5, 5.41) is 10.6. The first-order valence-electron chi connectivity index (χ1n) is 6.78. The third kappa shape index (κ3) is 3.12. The van der Waals surface area contributed by atoms with Crippen LogP contribution in [0.15, 0.2) is 18.2 Å². The Labute approximate surface area is 114 Å². The van der Waals surface area contributed by atoms with Crippen LogP contribution in [0.1, 0.15) is 45.8 Å². The van der Waals surface area contributed by atoms with E-state index in [0.717, 1.165) is 31.6 Å². The van der Waals surface area contributed by atoms with E-state index < -0.39 is 23.3 Å². The van der Waals surface area contributed by atoms with Gasteiger partial charge in [-0.2, -0.15) is 0 Å². The predicted octanol–water partition coefficient (Wildman–Crippen LogP) is 3.51. The highest BCUT2D eigenvalue weighted by Crippen LogP contribution is 2.34. The minimum absolute atomic E-state index is 0.412.